The maximum Gasteiger partial charge on any atom is 0.234 e. The Balaban J connectivity index is 1.49. The van der Waals surface area contributed by atoms with Crippen LogP contribution in [0.25, 0.3) is 12.2 Å². The number of halogens is 1. The van der Waals surface area contributed by atoms with E-state index in [0.717, 1.165) is 0 Å². The van der Waals surface area contributed by atoms with Gasteiger partial charge in [-0.3, -0.25) is 9.89 Å². The molecule has 24 heavy (non-hydrogen) atoms. The predicted molar refractivity (Wildman–Crippen MR) is 89.8 cm³/mol. The summed E-state index contributed by atoms with van der Waals surface area (Å²) in [5.41, 5.74) is 0.541. The van der Waals surface area contributed by atoms with E-state index in [9.17, 15) is 9.18 Å². The fourth-order valence-electron chi connectivity index (χ4n) is 1.80. The lowest BCUT2D eigenvalue weighted by molar-refractivity contribution is -0.113. The number of anilines is 1. The van der Waals surface area contributed by atoms with Gasteiger partial charge in [-0.2, -0.15) is 0 Å². The minimum absolute atomic E-state index is 0.149. The van der Waals surface area contributed by atoms with Crippen molar-refractivity contribution < 1.29 is 13.6 Å². The zero-order valence-electron chi connectivity index (χ0n) is 12.4. The Bertz CT molecular complexity index is 828. The first-order chi connectivity index (χ1) is 11.7. The van der Waals surface area contributed by atoms with Crippen LogP contribution in [0, 0.1) is 5.82 Å². The highest BCUT2D eigenvalue weighted by molar-refractivity contribution is 7.99. The van der Waals surface area contributed by atoms with E-state index >= 15 is 0 Å². The Hall–Kier alpha value is -2.87. The Morgan fingerprint density at radius 2 is 2.12 bits per heavy atom. The maximum absolute atomic E-state index is 12.8. The van der Waals surface area contributed by atoms with Gasteiger partial charge < -0.3 is 9.73 Å². The summed E-state index contributed by atoms with van der Waals surface area (Å²) in [4.78, 5) is 16.1. The second-order valence-corrected chi connectivity index (χ2v) is 5.64. The molecule has 1 aromatic carbocycles. The number of rotatable bonds is 6. The number of H-pyrrole nitrogens is 1. The fraction of sp³-hybridized carbons (Fsp3) is 0.0625. The summed E-state index contributed by atoms with van der Waals surface area (Å²) in [6, 6.07) is 9.19. The van der Waals surface area contributed by atoms with E-state index in [0.29, 0.717) is 22.4 Å². The van der Waals surface area contributed by atoms with Crippen LogP contribution in [0.1, 0.15) is 11.6 Å². The van der Waals surface area contributed by atoms with E-state index < -0.39 is 0 Å². The van der Waals surface area contributed by atoms with Crippen molar-refractivity contribution in [3.8, 4) is 0 Å². The quantitative estimate of drug-likeness (QED) is 0.669. The molecule has 2 heterocycles. The lowest BCUT2D eigenvalue weighted by atomic mass is 10.3. The summed E-state index contributed by atoms with van der Waals surface area (Å²) in [6.07, 6.45) is 5.08. The first-order valence-electron chi connectivity index (χ1n) is 7.01. The highest BCUT2D eigenvalue weighted by Crippen LogP contribution is 2.15. The topological polar surface area (TPSA) is 83.8 Å². The van der Waals surface area contributed by atoms with Gasteiger partial charge in [-0.1, -0.05) is 11.8 Å². The van der Waals surface area contributed by atoms with Crippen LogP contribution in [0.4, 0.5) is 10.1 Å². The number of hydrogen-bond donors (Lipinski definition) is 2. The zero-order valence-corrected chi connectivity index (χ0v) is 13.2. The average molecular weight is 344 g/mol. The van der Waals surface area contributed by atoms with Crippen LogP contribution >= 0.6 is 11.8 Å². The fourth-order valence-corrected chi connectivity index (χ4v) is 2.41. The van der Waals surface area contributed by atoms with Gasteiger partial charge in [0.1, 0.15) is 17.4 Å². The second-order valence-electron chi connectivity index (χ2n) is 4.70. The highest BCUT2D eigenvalue weighted by Gasteiger charge is 2.07. The molecule has 0 radical (unpaired) electrons. The molecule has 8 heteroatoms. The zero-order chi connectivity index (χ0) is 16.8. The van der Waals surface area contributed by atoms with Gasteiger partial charge in [0.2, 0.25) is 11.1 Å². The van der Waals surface area contributed by atoms with E-state index in [1.165, 1.54) is 36.0 Å². The van der Waals surface area contributed by atoms with Crippen molar-refractivity contribution in [3.05, 3.63) is 60.1 Å². The Kier molecular flexibility index (Phi) is 5.07. The van der Waals surface area contributed by atoms with Crippen molar-refractivity contribution in [3.63, 3.8) is 0 Å². The van der Waals surface area contributed by atoms with Crippen molar-refractivity contribution in [2.24, 2.45) is 0 Å². The number of carbonyl (C=O) groups is 1. The standard InChI is InChI=1S/C16H13FN4O2S/c17-11-3-5-12(6-4-11)18-15(22)10-24-16-19-14(20-21-16)8-7-13-2-1-9-23-13/h1-9H,10H2,(H,18,22)(H,19,20,21). The van der Waals surface area contributed by atoms with Crippen LogP contribution in [-0.4, -0.2) is 26.8 Å². The van der Waals surface area contributed by atoms with Crippen molar-refractivity contribution >= 4 is 35.5 Å². The lowest BCUT2D eigenvalue weighted by Crippen LogP contribution is -2.14. The number of thioether (sulfide) groups is 1. The van der Waals surface area contributed by atoms with E-state index in [1.54, 1.807) is 24.5 Å². The van der Waals surface area contributed by atoms with Crippen LogP contribution in [0.3, 0.4) is 0 Å². The molecule has 1 amide bonds. The summed E-state index contributed by atoms with van der Waals surface area (Å²) < 4.78 is 18.0. The number of nitrogens with one attached hydrogen (secondary N) is 2. The molecule has 2 aromatic heterocycles. The molecule has 2 N–H and O–H groups in total. The van der Waals surface area contributed by atoms with E-state index in [-0.39, 0.29) is 17.5 Å². The average Bonchev–Trinajstić information content (AvgIpc) is 3.25. The molecular formula is C16H13FN4O2S. The Labute approximate surface area is 141 Å². The molecule has 0 fully saturated rings. The van der Waals surface area contributed by atoms with Crippen LogP contribution in [0.15, 0.2) is 52.2 Å². The van der Waals surface area contributed by atoms with Gasteiger partial charge in [0.05, 0.1) is 12.0 Å². The summed E-state index contributed by atoms with van der Waals surface area (Å²) >= 11 is 1.20. The third-order valence-electron chi connectivity index (χ3n) is 2.89. The Morgan fingerprint density at radius 3 is 2.88 bits per heavy atom. The normalized spacial score (nSPS) is 11.0. The smallest absolute Gasteiger partial charge is 0.234 e. The van der Waals surface area contributed by atoms with Gasteiger partial charge in [0.25, 0.3) is 0 Å². The molecule has 122 valence electrons. The first kappa shape index (κ1) is 16.0. The van der Waals surface area contributed by atoms with Crippen molar-refractivity contribution in [1.29, 1.82) is 0 Å². The summed E-state index contributed by atoms with van der Waals surface area (Å²) in [6.45, 7) is 0. The molecule has 6 nitrogen and oxygen atoms in total. The number of aromatic nitrogens is 3. The maximum atomic E-state index is 12.8. The van der Waals surface area contributed by atoms with Gasteiger partial charge in [0.15, 0.2) is 0 Å². The van der Waals surface area contributed by atoms with Crippen LogP contribution in [0.5, 0.6) is 0 Å². The molecule has 0 aliphatic heterocycles. The summed E-state index contributed by atoms with van der Waals surface area (Å²) in [5.74, 6) is 0.853. The van der Waals surface area contributed by atoms with Crippen molar-refractivity contribution in [2.45, 2.75) is 5.16 Å². The van der Waals surface area contributed by atoms with Crippen LogP contribution < -0.4 is 5.32 Å². The number of nitrogens with zero attached hydrogens (tertiary/aromatic N) is 2. The van der Waals surface area contributed by atoms with Gasteiger partial charge >= 0.3 is 0 Å². The second kappa shape index (κ2) is 7.60. The molecule has 0 spiro atoms. The number of carbonyl (C=O) groups excluding carboxylic acids is 1. The van der Waals surface area contributed by atoms with Gasteiger partial charge in [-0.25, -0.2) is 9.37 Å². The molecule has 0 atom stereocenters. The SMILES string of the molecule is O=C(CSc1n[nH]c(C=Cc2ccco2)n1)Nc1ccc(F)cc1. The largest absolute Gasteiger partial charge is 0.465 e. The van der Waals surface area contributed by atoms with Crippen molar-refractivity contribution in [2.75, 3.05) is 11.1 Å². The lowest BCUT2D eigenvalue weighted by Gasteiger charge is -2.03. The molecule has 0 aliphatic carbocycles. The number of furan rings is 1. The number of hydrogen-bond acceptors (Lipinski definition) is 5. The highest BCUT2D eigenvalue weighted by atomic mass is 32.2. The molecular weight excluding hydrogens is 331 g/mol. The van der Waals surface area contributed by atoms with Crippen LogP contribution in [0.2, 0.25) is 0 Å². The van der Waals surface area contributed by atoms with Gasteiger partial charge in [-0.15, -0.1) is 5.10 Å². The molecule has 0 saturated carbocycles. The molecule has 0 bridgehead atoms. The van der Waals surface area contributed by atoms with E-state index in [1.807, 2.05) is 6.07 Å². The van der Waals surface area contributed by atoms with E-state index in [4.69, 9.17) is 4.42 Å². The molecule has 0 unspecified atom stereocenters. The minimum atomic E-state index is -0.349. The number of amides is 1. The molecule has 3 rings (SSSR count). The molecule has 3 aromatic rings. The third kappa shape index (κ3) is 4.56. The predicted octanol–water partition coefficient (Wildman–Crippen LogP) is 3.44. The van der Waals surface area contributed by atoms with E-state index in [2.05, 4.69) is 20.5 Å². The van der Waals surface area contributed by atoms with Gasteiger partial charge in [0, 0.05) is 5.69 Å². The number of benzene rings is 1. The van der Waals surface area contributed by atoms with Gasteiger partial charge in [-0.05, 0) is 48.6 Å². The van der Waals surface area contributed by atoms with Crippen molar-refractivity contribution in [1.82, 2.24) is 15.2 Å². The number of aromatic amines is 1. The minimum Gasteiger partial charge on any atom is -0.465 e. The molecule has 0 aliphatic rings. The molecule has 0 saturated heterocycles. The third-order valence-corrected chi connectivity index (χ3v) is 3.74. The van der Waals surface area contributed by atoms with Crippen LogP contribution in [-0.2, 0) is 4.79 Å². The monoisotopic (exact) mass is 344 g/mol. The first-order valence-corrected chi connectivity index (χ1v) is 8.00. The summed E-state index contributed by atoms with van der Waals surface area (Å²) in [5, 5.41) is 9.92. The summed E-state index contributed by atoms with van der Waals surface area (Å²) in [7, 11) is 0. The Morgan fingerprint density at radius 1 is 1.29 bits per heavy atom.